The van der Waals surface area contributed by atoms with Gasteiger partial charge in [-0.1, -0.05) is 33.8 Å². The number of carbonyl (C=O) groups is 3. The second-order valence-electron chi connectivity index (χ2n) is 11.9. The summed E-state index contributed by atoms with van der Waals surface area (Å²) in [7, 11) is 1.40. The maximum absolute atomic E-state index is 13.5. The molecule has 3 aliphatic carbocycles. The summed E-state index contributed by atoms with van der Waals surface area (Å²) in [4.78, 5) is 43.4. The standard InChI is InChI=1S/C28H39N3O7/c1-7-26(4)12-19(38-25(36)31-23(35)16-10-17(29)24(37-6)30-13-16)27(5)14(2)8-9-28(15(3)22(26)34)11-18(32)20(33)21(27)28/h7,10,13-15,18-19,21-22,32,34H,1,8-9,11-12,29H2,2-6H3,(H,31,35,36)/t14?,15-,18-,19+,21-,22-,26+,27-,28-/m0/s1. The summed E-state index contributed by atoms with van der Waals surface area (Å²) in [6, 6.07) is 1.34. The Labute approximate surface area is 223 Å². The number of ether oxygens (including phenoxy) is 2. The first-order valence-electron chi connectivity index (χ1n) is 13.1. The second-order valence-corrected chi connectivity index (χ2v) is 11.9. The van der Waals surface area contributed by atoms with Crippen molar-refractivity contribution < 1.29 is 34.1 Å². The van der Waals surface area contributed by atoms with Crippen LogP contribution in [0.15, 0.2) is 24.9 Å². The van der Waals surface area contributed by atoms with Crippen LogP contribution in [0.5, 0.6) is 5.88 Å². The third kappa shape index (κ3) is 4.09. The molecule has 38 heavy (non-hydrogen) atoms. The van der Waals surface area contributed by atoms with Crippen molar-refractivity contribution in [2.45, 2.75) is 71.7 Å². The van der Waals surface area contributed by atoms with Crippen molar-refractivity contribution in [3.8, 4) is 5.88 Å². The van der Waals surface area contributed by atoms with E-state index in [1.807, 2.05) is 27.7 Å². The number of methoxy groups -OCH3 is 1. The lowest BCUT2D eigenvalue weighted by molar-refractivity contribution is -0.191. The lowest BCUT2D eigenvalue weighted by Crippen LogP contribution is -2.63. The number of ketones is 1. The van der Waals surface area contributed by atoms with Crippen LogP contribution in [0.1, 0.15) is 63.7 Å². The first-order valence-corrected chi connectivity index (χ1v) is 13.1. The van der Waals surface area contributed by atoms with E-state index in [1.54, 1.807) is 6.08 Å². The lowest BCUT2D eigenvalue weighted by Gasteiger charge is -2.61. The first-order chi connectivity index (χ1) is 17.7. The first kappa shape index (κ1) is 28.0. The molecule has 10 heteroatoms. The number of nitrogens with two attached hydrogens (primary N) is 1. The smallest absolute Gasteiger partial charge is 0.414 e. The minimum atomic E-state index is -1.14. The van der Waals surface area contributed by atoms with Crippen LogP contribution in [0.25, 0.3) is 0 Å². The Morgan fingerprint density at radius 2 is 1.95 bits per heavy atom. The molecule has 1 aromatic heterocycles. The fourth-order valence-corrected chi connectivity index (χ4v) is 7.57. The van der Waals surface area contributed by atoms with Gasteiger partial charge in [-0.2, -0.15) is 0 Å². The van der Waals surface area contributed by atoms with E-state index in [9.17, 15) is 24.6 Å². The van der Waals surface area contributed by atoms with Crippen molar-refractivity contribution in [1.29, 1.82) is 0 Å². The van der Waals surface area contributed by atoms with E-state index in [0.717, 1.165) is 6.42 Å². The molecule has 1 aromatic rings. The number of anilines is 1. The second kappa shape index (κ2) is 9.64. The number of aliphatic hydroxyl groups is 2. The third-order valence-corrected chi connectivity index (χ3v) is 10.1. The van der Waals surface area contributed by atoms with Crippen LogP contribution < -0.4 is 15.8 Å². The molecule has 1 unspecified atom stereocenters. The van der Waals surface area contributed by atoms with Crippen molar-refractivity contribution in [1.82, 2.24) is 10.3 Å². The number of pyridine rings is 1. The van der Waals surface area contributed by atoms with E-state index in [0.29, 0.717) is 6.42 Å². The van der Waals surface area contributed by atoms with E-state index in [-0.39, 0.29) is 47.6 Å². The van der Waals surface area contributed by atoms with Gasteiger partial charge in [0.25, 0.3) is 5.91 Å². The molecule has 2 amide bonds. The highest BCUT2D eigenvalue weighted by molar-refractivity contribution is 6.03. The molecule has 0 radical (unpaired) electrons. The molecule has 2 bridgehead atoms. The normalized spacial score (nSPS) is 40.3. The van der Waals surface area contributed by atoms with Gasteiger partial charge in [-0.05, 0) is 49.0 Å². The molecule has 3 saturated carbocycles. The van der Waals surface area contributed by atoms with Gasteiger partial charge in [0.05, 0.1) is 24.5 Å². The minimum Gasteiger partial charge on any atom is -0.480 e. The van der Waals surface area contributed by atoms with Gasteiger partial charge >= 0.3 is 6.09 Å². The zero-order valence-electron chi connectivity index (χ0n) is 22.7. The van der Waals surface area contributed by atoms with E-state index in [4.69, 9.17) is 15.2 Å². The Morgan fingerprint density at radius 3 is 2.55 bits per heavy atom. The van der Waals surface area contributed by atoms with E-state index in [2.05, 4.69) is 16.9 Å². The molecule has 3 aliphatic rings. The predicted molar refractivity (Wildman–Crippen MR) is 139 cm³/mol. The van der Waals surface area contributed by atoms with Gasteiger partial charge in [0.15, 0.2) is 5.78 Å². The fraction of sp³-hybridized carbons (Fsp3) is 0.643. The van der Waals surface area contributed by atoms with Crippen molar-refractivity contribution in [2.75, 3.05) is 12.8 Å². The molecular formula is C28H39N3O7. The highest BCUT2D eigenvalue weighted by atomic mass is 16.6. The van der Waals surface area contributed by atoms with Gasteiger partial charge in [-0.25, -0.2) is 9.78 Å². The number of nitrogen functional groups attached to an aromatic ring is 1. The Hall–Kier alpha value is -2.98. The number of carbonyl (C=O) groups excluding carboxylic acids is 3. The summed E-state index contributed by atoms with van der Waals surface area (Å²) in [6.07, 6.45) is 0.903. The monoisotopic (exact) mass is 529 g/mol. The van der Waals surface area contributed by atoms with Crippen LogP contribution in [0.4, 0.5) is 10.5 Å². The average Bonchev–Trinajstić information content (AvgIpc) is 3.15. The molecule has 0 spiro atoms. The highest BCUT2D eigenvalue weighted by Crippen LogP contribution is 2.68. The Bertz CT molecular complexity index is 1160. The Kier molecular flexibility index (Phi) is 7.12. The van der Waals surface area contributed by atoms with Gasteiger partial charge in [0, 0.05) is 22.9 Å². The number of nitrogens with zero attached hydrogens (tertiary/aromatic N) is 1. The largest absolute Gasteiger partial charge is 0.480 e. The number of amides is 2. The Balaban J connectivity index is 1.70. The highest BCUT2D eigenvalue weighted by Gasteiger charge is 2.70. The number of hydrogen-bond donors (Lipinski definition) is 4. The van der Waals surface area contributed by atoms with E-state index < -0.39 is 52.5 Å². The van der Waals surface area contributed by atoms with Crippen LogP contribution in [0.2, 0.25) is 0 Å². The number of imide groups is 1. The van der Waals surface area contributed by atoms with Gasteiger partial charge in [0.2, 0.25) is 5.88 Å². The van der Waals surface area contributed by atoms with Crippen LogP contribution in [-0.2, 0) is 9.53 Å². The third-order valence-electron chi connectivity index (χ3n) is 10.1. The zero-order chi connectivity index (χ0) is 28.2. The molecule has 0 saturated heterocycles. The van der Waals surface area contributed by atoms with Gasteiger partial charge in [-0.3, -0.25) is 14.9 Å². The molecule has 9 atom stereocenters. The number of alkyl carbamates (subject to hydrolysis) is 1. The Morgan fingerprint density at radius 1 is 1.26 bits per heavy atom. The van der Waals surface area contributed by atoms with Crippen LogP contribution in [-0.4, -0.2) is 58.4 Å². The maximum atomic E-state index is 13.5. The fourth-order valence-electron chi connectivity index (χ4n) is 7.57. The molecule has 4 rings (SSSR count). The van der Waals surface area contributed by atoms with Crippen molar-refractivity contribution in [3.05, 3.63) is 30.5 Å². The van der Waals surface area contributed by atoms with Crippen LogP contribution in [0, 0.1) is 34.0 Å². The molecule has 0 aliphatic heterocycles. The lowest BCUT2D eigenvalue weighted by atomic mass is 9.44. The molecule has 208 valence electrons. The summed E-state index contributed by atoms with van der Waals surface area (Å²) in [5.41, 5.74) is 3.67. The van der Waals surface area contributed by atoms with Crippen molar-refractivity contribution in [2.24, 2.45) is 34.0 Å². The number of hydrogen-bond acceptors (Lipinski definition) is 9. The van der Waals surface area contributed by atoms with Crippen LogP contribution >= 0.6 is 0 Å². The zero-order valence-corrected chi connectivity index (χ0v) is 22.7. The molecule has 5 N–H and O–H groups in total. The number of nitrogens with one attached hydrogen (secondary N) is 1. The molecule has 10 nitrogen and oxygen atoms in total. The van der Waals surface area contributed by atoms with Crippen molar-refractivity contribution in [3.63, 3.8) is 0 Å². The van der Waals surface area contributed by atoms with Crippen molar-refractivity contribution >= 4 is 23.5 Å². The number of aliphatic hydroxyl groups excluding tert-OH is 2. The summed E-state index contributed by atoms with van der Waals surface area (Å²) < 4.78 is 11.0. The minimum absolute atomic E-state index is 0.0366. The topological polar surface area (TPSA) is 161 Å². The van der Waals surface area contributed by atoms with Crippen LogP contribution in [0.3, 0.4) is 0 Å². The summed E-state index contributed by atoms with van der Waals surface area (Å²) in [6.45, 7) is 11.7. The number of Topliss-reactive ketones (excluding diaryl/α,β-unsaturated/α-hetero) is 1. The molecule has 1 heterocycles. The summed E-state index contributed by atoms with van der Waals surface area (Å²) in [5.74, 6) is -1.83. The summed E-state index contributed by atoms with van der Waals surface area (Å²) >= 11 is 0. The molecule has 0 aromatic carbocycles. The average molecular weight is 530 g/mol. The quantitative estimate of drug-likeness (QED) is 0.430. The molecule has 3 fully saturated rings. The SMILES string of the molecule is C=C[C@]1(C)C[C@@H](OC(=O)NC(=O)c2cnc(OC)c(N)c2)[C@]2(C)C(C)CC[C@]3(C[C@H](O)C(=O)[C@H]32)[C@@H](C)[C@@H]1O. The van der Waals surface area contributed by atoms with Gasteiger partial charge < -0.3 is 25.4 Å². The summed E-state index contributed by atoms with van der Waals surface area (Å²) in [5, 5.41) is 24.6. The van der Waals surface area contributed by atoms with E-state index in [1.165, 1.54) is 19.4 Å². The van der Waals surface area contributed by atoms with E-state index >= 15 is 0 Å². The van der Waals surface area contributed by atoms with Gasteiger partial charge in [0.1, 0.15) is 12.2 Å². The van der Waals surface area contributed by atoms with Gasteiger partial charge in [-0.15, -0.1) is 6.58 Å². The predicted octanol–water partition coefficient (Wildman–Crippen LogP) is 2.87. The number of rotatable bonds is 4. The molecular weight excluding hydrogens is 490 g/mol. The number of aromatic nitrogens is 1. The maximum Gasteiger partial charge on any atom is 0.414 e.